The van der Waals surface area contributed by atoms with Crippen LogP contribution in [0.5, 0.6) is 0 Å². The molecule has 0 saturated carbocycles. The molecule has 626 valence electrons. The molecule has 0 bridgehead atoms. The fourth-order valence-corrected chi connectivity index (χ4v) is 14.7. The van der Waals surface area contributed by atoms with E-state index in [1.807, 2.05) is 0 Å². The van der Waals surface area contributed by atoms with Crippen LogP contribution in [0.25, 0.3) is 0 Å². The van der Waals surface area contributed by atoms with Crippen LogP contribution < -0.4 is 0 Å². The number of carbonyl (C=O) groups excluding carboxylic acids is 4. The SMILES string of the molecule is CCCCCC/C=C\C=C/CCCCCCCC(=O)O[C@H](COC(=O)CCCCCCCCCCCCC)COP(=O)(O)OC[C@H](O)COP(=O)(O)OC[C@@H](COC(=O)CCCCCCCCCCCCCCCCC(C)CC)OC(=O)CCCCCCCCCCCCCCCCCCCCCCCC. The topological polar surface area (TPSA) is 237 Å². The van der Waals surface area contributed by atoms with Gasteiger partial charge in [0.15, 0.2) is 12.2 Å². The maximum atomic E-state index is 13.2. The zero-order valence-electron chi connectivity index (χ0n) is 69.1. The summed E-state index contributed by atoms with van der Waals surface area (Å²) in [6.45, 7) is 7.35. The maximum Gasteiger partial charge on any atom is 0.472 e. The highest BCUT2D eigenvalue weighted by molar-refractivity contribution is 7.47. The van der Waals surface area contributed by atoms with Gasteiger partial charge in [-0.3, -0.25) is 37.3 Å². The summed E-state index contributed by atoms with van der Waals surface area (Å²) in [6.07, 6.45) is 75.7. The molecule has 0 radical (unpaired) electrons. The molecule has 0 aliphatic heterocycles. The lowest BCUT2D eigenvalue weighted by Crippen LogP contribution is -2.30. The van der Waals surface area contributed by atoms with Crippen LogP contribution in [0, 0.1) is 5.92 Å². The second-order valence-corrected chi connectivity index (χ2v) is 33.7. The first-order valence-electron chi connectivity index (χ1n) is 44.5. The van der Waals surface area contributed by atoms with Crippen molar-refractivity contribution in [3.8, 4) is 0 Å². The van der Waals surface area contributed by atoms with Crippen molar-refractivity contribution in [3.05, 3.63) is 24.3 Å². The van der Waals surface area contributed by atoms with E-state index >= 15 is 0 Å². The number of phosphoric acid groups is 2. The zero-order valence-corrected chi connectivity index (χ0v) is 70.9. The predicted molar refractivity (Wildman–Crippen MR) is 437 cm³/mol. The van der Waals surface area contributed by atoms with Crippen LogP contribution in [0.15, 0.2) is 24.3 Å². The fourth-order valence-electron chi connectivity index (χ4n) is 13.1. The number of esters is 4. The third kappa shape index (κ3) is 78.2. The molecule has 0 aliphatic rings. The number of hydrogen-bond donors (Lipinski definition) is 3. The van der Waals surface area contributed by atoms with E-state index in [0.717, 1.165) is 109 Å². The molecule has 17 nitrogen and oxygen atoms in total. The van der Waals surface area contributed by atoms with Gasteiger partial charge in [-0.2, -0.15) is 0 Å². The summed E-state index contributed by atoms with van der Waals surface area (Å²) >= 11 is 0. The zero-order chi connectivity index (χ0) is 77.6. The van der Waals surface area contributed by atoms with Crippen LogP contribution in [0.2, 0.25) is 0 Å². The second kappa shape index (κ2) is 79.2. The molecule has 106 heavy (non-hydrogen) atoms. The van der Waals surface area contributed by atoms with Gasteiger partial charge in [0.05, 0.1) is 26.4 Å². The molecule has 0 spiro atoms. The van der Waals surface area contributed by atoms with Gasteiger partial charge in [0.1, 0.15) is 19.3 Å². The van der Waals surface area contributed by atoms with Crippen molar-refractivity contribution in [2.45, 2.75) is 464 Å². The maximum absolute atomic E-state index is 13.2. The van der Waals surface area contributed by atoms with Crippen molar-refractivity contribution in [1.82, 2.24) is 0 Å². The molecule has 0 fully saturated rings. The third-order valence-corrected chi connectivity index (χ3v) is 22.2. The first-order chi connectivity index (χ1) is 51.6. The van der Waals surface area contributed by atoms with Crippen LogP contribution in [0.4, 0.5) is 0 Å². The molecule has 0 aromatic rings. The minimum atomic E-state index is -4.97. The first-order valence-corrected chi connectivity index (χ1v) is 47.5. The standard InChI is InChI=1S/C87H166O17P2/c1-6-10-13-16-19-22-25-27-29-30-31-32-33-34-35-37-43-48-53-58-63-68-73-87(92)104-83(77-98-85(90)71-66-61-56-51-46-41-39-38-40-45-49-54-59-64-69-80(5)9-4)79-102-106(95,96)100-75-81(88)74-99-105(93,94)101-78-82(76-97-84(89)70-65-60-55-50-44-24-21-18-15-12-8-3)103-86(91)72-67-62-57-52-47-42-36-28-26-23-20-17-14-11-7-2/h23,26,28,36,80-83,88H,6-22,24-25,27,29-35,37-79H2,1-5H3,(H,93,94)(H,95,96)/b26-23-,36-28-/t80?,81-,82+,83+/m0/s1. The van der Waals surface area contributed by atoms with E-state index < -0.39 is 97.5 Å². The van der Waals surface area contributed by atoms with Gasteiger partial charge < -0.3 is 33.8 Å². The molecule has 3 N–H and O–H groups in total. The van der Waals surface area contributed by atoms with Crippen LogP contribution >= 0.6 is 15.6 Å². The van der Waals surface area contributed by atoms with Gasteiger partial charge in [-0.05, 0) is 57.3 Å². The highest BCUT2D eigenvalue weighted by atomic mass is 31.2. The van der Waals surface area contributed by atoms with E-state index in [-0.39, 0.29) is 25.7 Å². The highest BCUT2D eigenvalue weighted by Crippen LogP contribution is 2.45. The minimum Gasteiger partial charge on any atom is -0.462 e. The minimum absolute atomic E-state index is 0.0857. The summed E-state index contributed by atoms with van der Waals surface area (Å²) in [6, 6.07) is 0. The summed E-state index contributed by atoms with van der Waals surface area (Å²) in [5, 5.41) is 10.7. The van der Waals surface area contributed by atoms with Gasteiger partial charge in [-0.25, -0.2) is 9.13 Å². The smallest absolute Gasteiger partial charge is 0.462 e. The van der Waals surface area contributed by atoms with Gasteiger partial charge in [-0.15, -0.1) is 0 Å². The van der Waals surface area contributed by atoms with Crippen LogP contribution in [-0.2, 0) is 65.4 Å². The molecule has 0 heterocycles. The van der Waals surface area contributed by atoms with Crippen molar-refractivity contribution < 1.29 is 80.2 Å². The first kappa shape index (κ1) is 104. The van der Waals surface area contributed by atoms with Gasteiger partial charge in [0.2, 0.25) is 0 Å². The Labute approximate surface area is 650 Å². The Morgan fingerprint density at radius 3 is 0.802 bits per heavy atom. The fraction of sp³-hybridized carbons (Fsp3) is 0.908. The molecule has 0 aromatic heterocycles. The quantitative estimate of drug-likeness (QED) is 0.0169. The molecule has 0 aliphatic carbocycles. The van der Waals surface area contributed by atoms with Crippen molar-refractivity contribution in [1.29, 1.82) is 0 Å². The van der Waals surface area contributed by atoms with Gasteiger partial charge in [0, 0.05) is 25.7 Å². The average molecular weight is 1550 g/mol. The van der Waals surface area contributed by atoms with Crippen LogP contribution in [0.3, 0.4) is 0 Å². The number of hydrogen-bond acceptors (Lipinski definition) is 15. The summed E-state index contributed by atoms with van der Waals surface area (Å²) in [5.41, 5.74) is 0. The van der Waals surface area contributed by atoms with Crippen molar-refractivity contribution >= 4 is 39.5 Å². The lowest BCUT2D eigenvalue weighted by molar-refractivity contribution is -0.161. The monoisotopic (exact) mass is 1550 g/mol. The number of phosphoric ester groups is 2. The lowest BCUT2D eigenvalue weighted by Gasteiger charge is -2.21. The van der Waals surface area contributed by atoms with E-state index in [4.69, 9.17) is 37.0 Å². The number of ether oxygens (including phenoxy) is 4. The number of aliphatic hydroxyl groups is 1. The van der Waals surface area contributed by atoms with Crippen molar-refractivity contribution in [3.63, 3.8) is 0 Å². The number of rotatable bonds is 85. The largest absolute Gasteiger partial charge is 0.472 e. The van der Waals surface area contributed by atoms with E-state index in [2.05, 4.69) is 58.9 Å². The lowest BCUT2D eigenvalue weighted by atomic mass is 9.99. The number of aliphatic hydroxyl groups excluding tert-OH is 1. The van der Waals surface area contributed by atoms with Gasteiger partial charge in [-0.1, -0.05) is 393 Å². The van der Waals surface area contributed by atoms with Crippen LogP contribution in [0.1, 0.15) is 446 Å². The van der Waals surface area contributed by atoms with E-state index in [0.29, 0.717) is 25.7 Å². The van der Waals surface area contributed by atoms with Crippen LogP contribution in [-0.4, -0.2) is 96.7 Å². The second-order valence-electron chi connectivity index (χ2n) is 30.8. The normalized spacial score (nSPS) is 14.2. The number of carbonyl (C=O) groups is 4. The highest BCUT2D eigenvalue weighted by Gasteiger charge is 2.30. The third-order valence-electron chi connectivity index (χ3n) is 20.3. The molecule has 19 heteroatoms. The molecule has 0 aromatic carbocycles. The van der Waals surface area contributed by atoms with Crippen molar-refractivity contribution in [2.75, 3.05) is 39.6 Å². The summed E-state index contributed by atoms with van der Waals surface area (Å²) in [7, 11) is -9.94. The molecule has 0 rings (SSSR count). The summed E-state index contributed by atoms with van der Waals surface area (Å²) in [5.74, 6) is -1.28. The van der Waals surface area contributed by atoms with E-state index in [9.17, 15) is 43.2 Å². The Morgan fingerprint density at radius 1 is 0.302 bits per heavy atom. The Hall–Kier alpha value is -2.46. The molecule has 0 amide bonds. The molecular weight excluding hydrogens is 1380 g/mol. The Kier molecular flexibility index (Phi) is 77.4. The van der Waals surface area contributed by atoms with Gasteiger partial charge >= 0.3 is 39.5 Å². The average Bonchev–Trinajstić information content (AvgIpc) is 0.900. The molecule has 3 unspecified atom stereocenters. The molecule has 6 atom stereocenters. The molecular formula is C87H166O17P2. The molecule has 0 saturated heterocycles. The van der Waals surface area contributed by atoms with Crippen molar-refractivity contribution in [2.24, 2.45) is 5.92 Å². The number of allylic oxidation sites excluding steroid dienone is 4. The Morgan fingerprint density at radius 2 is 0.528 bits per heavy atom. The number of unbranched alkanes of at least 4 members (excludes halogenated alkanes) is 53. The summed E-state index contributed by atoms with van der Waals surface area (Å²) < 4.78 is 68.9. The predicted octanol–water partition coefficient (Wildman–Crippen LogP) is 26.3. The summed E-state index contributed by atoms with van der Waals surface area (Å²) in [4.78, 5) is 73.2. The van der Waals surface area contributed by atoms with E-state index in [1.54, 1.807) is 0 Å². The van der Waals surface area contributed by atoms with E-state index in [1.165, 1.54) is 257 Å². The van der Waals surface area contributed by atoms with Gasteiger partial charge in [0.25, 0.3) is 0 Å². The Bertz CT molecular complexity index is 2110. The Balaban J connectivity index is 5.26.